The first-order chi connectivity index (χ1) is 10.6. The molecule has 1 aliphatic rings. The Hall–Kier alpha value is -1.22. The van der Waals surface area contributed by atoms with Gasteiger partial charge in [0.05, 0.1) is 26.4 Å². The number of rotatable bonds is 6. The summed E-state index contributed by atoms with van der Waals surface area (Å²) in [6.45, 7) is 4.07. The van der Waals surface area contributed by atoms with E-state index in [1.807, 2.05) is 18.2 Å². The molecule has 0 amide bonds. The van der Waals surface area contributed by atoms with E-state index in [1.54, 1.807) is 14.2 Å². The van der Waals surface area contributed by atoms with E-state index < -0.39 is 0 Å². The number of hydrogen-bond donors (Lipinski definition) is 2. The molecule has 1 fully saturated rings. The number of halogens is 1. The van der Waals surface area contributed by atoms with Crippen molar-refractivity contribution in [1.82, 2.24) is 5.32 Å². The van der Waals surface area contributed by atoms with Crippen LogP contribution in [0.1, 0.15) is 25.3 Å². The van der Waals surface area contributed by atoms with Gasteiger partial charge in [0.2, 0.25) is 0 Å². The van der Waals surface area contributed by atoms with Gasteiger partial charge < -0.3 is 25.3 Å². The number of benzene rings is 1. The van der Waals surface area contributed by atoms with Crippen LogP contribution in [0.15, 0.2) is 23.2 Å². The SMILES string of the molecule is COc1ccc(CN=C(N)NCC2(C)CCCO2)cc1OC.I. The van der Waals surface area contributed by atoms with E-state index in [0.29, 0.717) is 30.5 Å². The molecule has 1 atom stereocenters. The van der Waals surface area contributed by atoms with Gasteiger partial charge in [-0.25, -0.2) is 4.99 Å². The second-order valence-corrected chi connectivity index (χ2v) is 5.65. The molecule has 6 nitrogen and oxygen atoms in total. The topological polar surface area (TPSA) is 78.1 Å². The summed E-state index contributed by atoms with van der Waals surface area (Å²) in [4.78, 5) is 4.35. The van der Waals surface area contributed by atoms with Crippen LogP contribution in [-0.2, 0) is 11.3 Å². The van der Waals surface area contributed by atoms with E-state index in [1.165, 1.54) is 0 Å². The molecule has 0 spiro atoms. The molecule has 0 bridgehead atoms. The molecule has 0 aliphatic carbocycles. The van der Waals surface area contributed by atoms with Crippen molar-refractivity contribution in [3.05, 3.63) is 23.8 Å². The monoisotopic (exact) mass is 435 g/mol. The molecular formula is C16H26IN3O3. The van der Waals surface area contributed by atoms with Crippen molar-refractivity contribution in [1.29, 1.82) is 0 Å². The normalized spacial score (nSPS) is 20.7. The highest BCUT2D eigenvalue weighted by molar-refractivity contribution is 14.0. The number of hydrogen-bond acceptors (Lipinski definition) is 4. The number of ether oxygens (including phenoxy) is 3. The van der Waals surface area contributed by atoms with Gasteiger partial charge in [-0.1, -0.05) is 6.07 Å². The van der Waals surface area contributed by atoms with Crippen LogP contribution < -0.4 is 20.5 Å². The zero-order valence-corrected chi connectivity index (χ0v) is 16.3. The van der Waals surface area contributed by atoms with Gasteiger partial charge in [0.15, 0.2) is 17.5 Å². The Kier molecular flexibility index (Phi) is 7.90. The molecule has 2 rings (SSSR count). The fraction of sp³-hybridized carbons (Fsp3) is 0.562. The van der Waals surface area contributed by atoms with Crippen molar-refractivity contribution < 1.29 is 14.2 Å². The van der Waals surface area contributed by atoms with Crippen LogP contribution in [0.25, 0.3) is 0 Å². The van der Waals surface area contributed by atoms with Crippen LogP contribution in [0, 0.1) is 0 Å². The van der Waals surface area contributed by atoms with Crippen molar-refractivity contribution >= 4 is 29.9 Å². The van der Waals surface area contributed by atoms with Crippen molar-refractivity contribution in [2.24, 2.45) is 10.7 Å². The van der Waals surface area contributed by atoms with E-state index in [0.717, 1.165) is 25.0 Å². The van der Waals surface area contributed by atoms with Gasteiger partial charge in [-0.15, -0.1) is 24.0 Å². The van der Waals surface area contributed by atoms with Crippen molar-refractivity contribution in [2.45, 2.75) is 31.9 Å². The summed E-state index contributed by atoms with van der Waals surface area (Å²) < 4.78 is 16.2. The Morgan fingerprint density at radius 3 is 2.70 bits per heavy atom. The Balaban J connectivity index is 0.00000264. The second-order valence-electron chi connectivity index (χ2n) is 5.65. The summed E-state index contributed by atoms with van der Waals surface area (Å²) >= 11 is 0. The largest absolute Gasteiger partial charge is 0.493 e. The minimum atomic E-state index is -0.135. The summed E-state index contributed by atoms with van der Waals surface area (Å²) in [5.74, 6) is 1.81. The molecule has 0 aromatic heterocycles. The lowest BCUT2D eigenvalue weighted by atomic mass is 10.0. The average Bonchev–Trinajstić information content (AvgIpc) is 2.97. The number of nitrogens with one attached hydrogen (secondary N) is 1. The molecule has 1 aliphatic heterocycles. The Bertz CT molecular complexity index is 531. The van der Waals surface area contributed by atoms with E-state index in [-0.39, 0.29) is 29.6 Å². The first-order valence-electron chi connectivity index (χ1n) is 7.45. The molecule has 7 heteroatoms. The van der Waals surface area contributed by atoms with Crippen molar-refractivity contribution in [2.75, 3.05) is 27.4 Å². The quantitative estimate of drug-likeness (QED) is 0.408. The minimum absolute atomic E-state index is 0. The zero-order chi connectivity index (χ0) is 16.0. The van der Waals surface area contributed by atoms with Crippen molar-refractivity contribution in [3.8, 4) is 11.5 Å². The zero-order valence-electron chi connectivity index (χ0n) is 13.9. The number of guanidine groups is 1. The van der Waals surface area contributed by atoms with Gasteiger partial charge in [0.1, 0.15) is 0 Å². The second kappa shape index (κ2) is 9.17. The van der Waals surface area contributed by atoms with Crippen LogP contribution in [0.2, 0.25) is 0 Å². The van der Waals surface area contributed by atoms with Crippen LogP contribution >= 0.6 is 24.0 Å². The fourth-order valence-corrected chi connectivity index (χ4v) is 2.47. The number of nitrogens with zero attached hydrogens (tertiary/aromatic N) is 1. The van der Waals surface area contributed by atoms with E-state index in [2.05, 4.69) is 17.2 Å². The maximum atomic E-state index is 5.91. The smallest absolute Gasteiger partial charge is 0.189 e. The highest BCUT2D eigenvalue weighted by Crippen LogP contribution is 2.27. The first kappa shape index (κ1) is 19.8. The van der Waals surface area contributed by atoms with E-state index in [9.17, 15) is 0 Å². The lowest BCUT2D eigenvalue weighted by molar-refractivity contribution is 0.0244. The third kappa shape index (κ3) is 5.72. The minimum Gasteiger partial charge on any atom is -0.493 e. The van der Waals surface area contributed by atoms with Gasteiger partial charge in [0, 0.05) is 13.2 Å². The number of aliphatic imine (C=N–C) groups is 1. The van der Waals surface area contributed by atoms with Crippen LogP contribution in [0.5, 0.6) is 11.5 Å². The summed E-state index contributed by atoms with van der Waals surface area (Å²) in [7, 11) is 3.23. The molecule has 3 N–H and O–H groups in total. The maximum absolute atomic E-state index is 5.91. The molecule has 23 heavy (non-hydrogen) atoms. The third-order valence-corrected chi connectivity index (χ3v) is 3.82. The third-order valence-electron chi connectivity index (χ3n) is 3.82. The average molecular weight is 435 g/mol. The van der Waals surface area contributed by atoms with Gasteiger partial charge in [0.25, 0.3) is 0 Å². The fourth-order valence-electron chi connectivity index (χ4n) is 2.47. The molecule has 1 aromatic rings. The summed E-state index contributed by atoms with van der Waals surface area (Å²) in [5.41, 5.74) is 6.78. The van der Waals surface area contributed by atoms with Crippen LogP contribution in [0.4, 0.5) is 0 Å². The predicted octanol–water partition coefficient (Wildman–Crippen LogP) is 2.30. The maximum Gasteiger partial charge on any atom is 0.189 e. The first-order valence-corrected chi connectivity index (χ1v) is 7.45. The van der Waals surface area contributed by atoms with E-state index in [4.69, 9.17) is 19.9 Å². The molecular weight excluding hydrogens is 409 g/mol. The van der Waals surface area contributed by atoms with Gasteiger partial charge >= 0.3 is 0 Å². The summed E-state index contributed by atoms with van der Waals surface area (Å²) in [5, 5.41) is 3.13. The molecule has 0 radical (unpaired) electrons. The summed E-state index contributed by atoms with van der Waals surface area (Å²) in [6.07, 6.45) is 2.14. The van der Waals surface area contributed by atoms with E-state index >= 15 is 0 Å². The lowest BCUT2D eigenvalue weighted by Gasteiger charge is -2.23. The van der Waals surface area contributed by atoms with Crippen LogP contribution in [0.3, 0.4) is 0 Å². The lowest BCUT2D eigenvalue weighted by Crippen LogP contribution is -2.43. The summed E-state index contributed by atoms with van der Waals surface area (Å²) in [6, 6.07) is 5.71. The molecule has 1 saturated heterocycles. The Labute approximate surface area is 154 Å². The highest BCUT2D eigenvalue weighted by atomic mass is 127. The van der Waals surface area contributed by atoms with Gasteiger partial charge in [-0.2, -0.15) is 0 Å². The van der Waals surface area contributed by atoms with Crippen molar-refractivity contribution in [3.63, 3.8) is 0 Å². The molecule has 130 valence electrons. The van der Waals surface area contributed by atoms with Gasteiger partial charge in [-0.3, -0.25) is 0 Å². The molecule has 1 heterocycles. The Morgan fingerprint density at radius 2 is 2.09 bits per heavy atom. The molecule has 1 unspecified atom stereocenters. The Morgan fingerprint density at radius 1 is 1.35 bits per heavy atom. The highest BCUT2D eigenvalue weighted by Gasteiger charge is 2.29. The molecule has 1 aromatic carbocycles. The standard InChI is InChI=1S/C16H25N3O3.HI/c1-16(7-4-8-22-16)11-19-15(17)18-10-12-5-6-13(20-2)14(9-12)21-3;/h5-6,9H,4,7-8,10-11H2,1-3H3,(H3,17,18,19);1H. The number of methoxy groups -OCH3 is 2. The molecule has 0 saturated carbocycles. The number of nitrogens with two attached hydrogens (primary N) is 1. The van der Waals surface area contributed by atoms with Crippen LogP contribution in [-0.4, -0.2) is 38.9 Å². The van der Waals surface area contributed by atoms with Gasteiger partial charge in [-0.05, 0) is 37.5 Å². The predicted molar refractivity (Wildman–Crippen MR) is 102 cm³/mol.